The van der Waals surface area contributed by atoms with Crippen molar-refractivity contribution in [1.29, 1.82) is 0 Å². The summed E-state index contributed by atoms with van der Waals surface area (Å²) in [6, 6.07) is -0.0737. The van der Waals surface area contributed by atoms with Crippen LogP contribution in [0.1, 0.15) is 20.3 Å². The molecule has 0 aliphatic carbocycles. The third-order valence-corrected chi connectivity index (χ3v) is 6.20. The van der Waals surface area contributed by atoms with Crippen molar-refractivity contribution in [1.82, 2.24) is 4.90 Å². The Morgan fingerprint density at radius 1 is 1.40 bits per heavy atom. The Bertz CT molecular complexity index is 677. The SMILES string of the molecule is C=C1C(=O)O[C@@H]2CCN3CC=C(COC(=O)[C@@](C)(O)[C@@]4(CO4)[C@@H]1C)[C@H]23. The number of hydrogen-bond acceptors (Lipinski definition) is 7. The Morgan fingerprint density at radius 2 is 2.12 bits per heavy atom. The van der Waals surface area contributed by atoms with Gasteiger partial charge >= 0.3 is 11.9 Å². The second kappa shape index (κ2) is 5.40. The van der Waals surface area contributed by atoms with Crippen molar-refractivity contribution < 1.29 is 28.9 Å². The van der Waals surface area contributed by atoms with E-state index in [1.54, 1.807) is 6.92 Å². The van der Waals surface area contributed by atoms with E-state index >= 15 is 0 Å². The van der Waals surface area contributed by atoms with E-state index in [9.17, 15) is 14.7 Å². The second-order valence-electron chi connectivity index (χ2n) is 7.52. The highest BCUT2D eigenvalue weighted by Crippen LogP contribution is 2.48. The molecular formula is C18H23NO6. The van der Waals surface area contributed by atoms with Crippen molar-refractivity contribution in [3.63, 3.8) is 0 Å². The van der Waals surface area contributed by atoms with E-state index in [4.69, 9.17) is 14.2 Å². The van der Waals surface area contributed by atoms with Gasteiger partial charge < -0.3 is 19.3 Å². The van der Waals surface area contributed by atoms with Gasteiger partial charge in [0.05, 0.1) is 12.6 Å². The van der Waals surface area contributed by atoms with Gasteiger partial charge in [-0.1, -0.05) is 19.6 Å². The third kappa shape index (κ3) is 2.29. The van der Waals surface area contributed by atoms with Gasteiger partial charge in [0.25, 0.3) is 0 Å². The molecule has 4 aliphatic heterocycles. The van der Waals surface area contributed by atoms with E-state index in [0.29, 0.717) is 0 Å². The average Bonchev–Trinajstić information content (AvgIpc) is 3.17. The minimum atomic E-state index is -1.87. The summed E-state index contributed by atoms with van der Waals surface area (Å²) in [5.41, 5.74) is -1.97. The van der Waals surface area contributed by atoms with Gasteiger partial charge in [-0.05, 0) is 18.9 Å². The highest BCUT2D eigenvalue weighted by molar-refractivity contribution is 5.90. The molecule has 0 unspecified atom stereocenters. The van der Waals surface area contributed by atoms with E-state index in [1.165, 1.54) is 6.92 Å². The number of carbonyl (C=O) groups is 2. The molecule has 0 aromatic rings. The van der Waals surface area contributed by atoms with Gasteiger partial charge in [-0.25, -0.2) is 9.59 Å². The van der Waals surface area contributed by atoms with Crippen LogP contribution < -0.4 is 0 Å². The number of hydrogen-bond donors (Lipinski definition) is 1. The molecule has 0 aromatic heterocycles. The molecule has 1 N–H and O–H groups in total. The molecule has 25 heavy (non-hydrogen) atoms. The van der Waals surface area contributed by atoms with Crippen LogP contribution in [0.5, 0.6) is 0 Å². The second-order valence-corrected chi connectivity index (χ2v) is 7.52. The van der Waals surface area contributed by atoms with Crippen LogP contribution in [0.15, 0.2) is 23.8 Å². The van der Waals surface area contributed by atoms with Gasteiger partial charge in [-0.3, -0.25) is 4.90 Å². The lowest BCUT2D eigenvalue weighted by Crippen LogP contribution is -2.55. The molecule has 3 saturated heterocycles. The smallest absolute Gasteiger partial charge is 0.341 e. The lowest BCUT2D eigenvalue weighted by Gasteiger charge is -2.34. The molecule has 4 heterocycles. The van der Waals surface area contributed by atoms with E-state index in [0.717, 1.165) is 25.1 Å². The molecule has 5 atom stereocenters. The van der Waals surface area contributed by atoms with E-state index in [-0.39, 0.29) is 30.9 Å². The van der Waals surface area contributed by atoms with Gasteiger partial charge in [-0.2, -0.15) is 0 Å². The van der Waals surface area contributed by atoms with Gasteiger partial charge in [0.15, 0.2) is 5.60 Å². The monoisotopic (exact) mass is 349 g/mol. The summed E-state index contributed by atoms with van der Waals surface area (Å²) in [7, 11) is 0. The Morgan fingerprint density at radius 3 is 2.80 bits per heavy atom. The van der Waals surface area contributed by atoms with Crippen LogP contribution in [-0.2, 0) is 23.8 Å². The van der Waals surface area contributed by atoms with Gasteiger partial charge in [0.1, 0.15) is 18.3 Å². The van der Waals surface area contributed by atoms with Crippen molar-refractivity contribution in [3.8, 4) is 0 Å². The van der Waals surface area contributed by atoms with Crippen LogP contribution in [0.25, 0.3) is 0 Å². The Hall–Kier alpha value is -1.70. The first kappa shape index (κ1) is 16.8. The molecule has 0 saturated carbocycles. The first-order valence-electron chi connectivity index (χ1n) is 8.64. The Balaban J connectivity index is 1.69. The fraction of sp³-hybridized carbons (Fsp3) is 0.667. The molecule has 3 fully saturated rings. The zero-order chi connectivity index (χ0) is 18.0. The predicted molar refractivity (Wildman–Crippen MR) is 86.5 cm³/mol. The molecule has 0 bridgehead atoms. The summed E-state index contributed by atoms with van der Waals surface area (Å²) in [5, 5.41) is 10.8. The van der Waals surface area contributed by atoms with Crippen LogP contribution in [0.4, 0.5) is 0 Å². The fourth-order valence-corrected chi connectivity index (χ4v) is 4.29. The molecule has 0 amide bonds. The van der Waals surface area contributed by atoms with E-state index in [1.807, 2.05) is 6.08 Å². The zero-order valence-corrected chi connectivity index (χ0v) is 14.5. The van der Waals surface area contributed by atoms with Crippen LogP contribution in [0.2, 0.25) is 0 Å². The molecule has 4 aliphatic rings. The van der Waals surface area contributed by atoms with Gasteiger partial charge in [-0.15, -0.1) is 0 Å². The van der Waals surface area contributed by atoms with Gasteiger partial charge in [0, 0.05) is 24.6 Å². The largest absolute Gasteiger partial charge is 0.459 e. The number of nitrogens with zero attached hydrogens (tertiary/aromatic N) is 1. The fourth-order valence-electron chi connectivity index (χ4n) is 4.29. The van der Waals surface area contributed by atoms with Crippen LogP contribution >= 0.6 is 0 Å². The summed E-state index contributed by atoms with van der Waals surface area (Å²) < 4.78 is 16.6. The maximum Gasteiger partial charge on any atom is 0.341 e. The number of cyclic esters (lactones) is 1. The van der Waals surface area contributed by atoms with Crippen LogP contribution in [0.3, 0.4) is 0 Å². The highest BCUT2D eigenvalue weighted by Gasteiger charge is 2.67. The van der Waals surface area contributed by atoms with Crippen molar-refractivity contribution in [2.24, 2.45) is 5.92 Å². The minimum absolute atomic E-state index is 0.0737. The molecule has 136 valence electrons. The standard InChI is InChI=1S/C18H23NO6/c1-10-11(2)18(9-24-18)17(3,22)16(21)23-8-12-4-6-19-7-5-13(14(12)19)25-15(10)20/h4,11,13-14,22H,1,5-9H2,2-3H3/t11-,13-,14-,17-,18-/m1/s1. The molecule has 0 radical (unpaired) electrons. The molecule has 4 rings (SSSR count). The lowest BCUT2D eigenvalue weighted by atomic mass is 9.76. The van der Waals surface area contributed by atoms with Crippen molar-refractivity contribution >= 4 is 11.9 Å². The quantitative estimate of drug-likeness (QED) is 0.289. The number of carbonyl (C=O) groups excluding carboxylic acids is 2. The zero-order valence-electron chi connectivity index (χ0n) is 14.5. The Kier molecular flexibility index (Phi) is 3.62. The van der Waals surface area contributed by atoms with Crippen molar-refractivity contribution in [3.05, 3.63) is 23.8 Å². The first-order chi connectivity index (χ1) is 11.8. The number of rotatable bonds is 0. The van der Waals surface area contributed by atoms with Crippen molar-refractivity contribution in [2.45, 2.75) is 43.6 Å². The molecular weight excluding hydrogens is 326 g/mol. The average molecular weight is 349 g/mol. The summed E-state index contributed by atoms with van der Waals surface area (Å²) in [4.78, 5) is 27.4. The predicted octanol–water partition coefficient (Wildman–Crippen LogP) is 0.182. The minimum Gasteiger partial charge on any atom is -0.459 e. The molecule has 7 nitrogen and oxygen atoms in total. The van der Waals surface area contributed by atoms with E-state index in [2.05, 4.69) is 11.5 Å². The molecule has 1 spiro atoms. The summed E-state index contributed by atoms with van der Waals surface area (Å²) in [6.45, 7) is 8.74. The first-order valence-corrected chi connectivity index (χ1v) is 8.64. The van der Waals surface area contributed by atoms with E-state index < -0.39 is 29.1 Å². The number of esters is 2. The number of aliphatic hydroxyl groups is 1. The summed E-state index contributed by atoms with van der Waals surface area (Å²) >= 11 is 0. The lowest BCUT2D eigenvalue weighted by molar-refractivity contribution is -0.173. The number of epoxide rings is 1. The highest BCUT2D eigenvalue weighted by atomic mass is 16.6. The normalized spacial score (nSPS) is 44.5. The topological polar surface area (TPSA) is 88.6 Å². The third-order valence-electron chi connectivity index (χ3n) is 6.20. The maximum atomic E-state index is 12.6. The molecule has 7 heteroatoms. The van der Waals surface area contributed by atoms with Crippen molar-refractivity contribution in [2.75, 3.05) is 26.3 Å². The summed E-state index contributed by atoms with van der Waals surface area (Å²) in [5.74, 6) is -1.81. The van der Waals surface area contributed by atoms with Crippen LogP contribution in [-0.4, -0.2) is 71.6 Å². The molecule has 0 aromatic carbocycles. The van der Waals surface area contributed by atoms with Gasteiger partial charge in [0.2, 0.25) is 0 Å². The maximum absolute atomic E-state index is 12.6. The number of ether oxygens (including phenoxy) is 3. The van der Waals surface area contributed by atoms with Crippen LogP contribution in [0, 0.1) is 5.92 Å². The Labute approximate surface area is 146 Å². The summed E-state index contributed by atoms with van der Waals surface area (Å²) in [6.07, 6.45) is 2.46.